The predicted molar refractivity (Wildman–Crippen MR) is 207 cm³/mol. The Kier molecular flexibility index (Phi) is 6.95. The van der Waals surface area contributed by atoms with Crippen LogP contribution >= 0.6 is 11.3 Å². The van der Waals surface area contributed by atoms with Gasteiger partial charge in [0.05, 0.1) is 0 Å². The molecule has 0 aliphatic heterocycles. The summed E-state index contributed by atoms with van der Waals surface area (Å²) in [6.07, 6.45) is 9.16. The van der Waals surface area contributed by atoms with Crippen molar-refractivity contribution in [1.82, 2.24) is 0 Å². The first-order chi connectivity index (χ1) is 23.6. The van der Waals surface area contributed by atoms with E-state index < -0.39 is 0 Å². The quantitative estimate of drug-likeness (QED) is 0.176. The first-order valence-corrected chi connectivity index (χ1v) is 17.9. The highest BCUT2D eigenvalue weighted by Gasteiger charge is 2.38. The Morgan fingerprint density at radius 2 is 1.38 bits per heavy atom. The fourth-order valence-electron chi connectivity index (χ4n) is 8.02. The van der Waals surface area contributed by atoms with Crippen LogP contribution in [0.25, 0.3) is 42.4 Å². The minimum atomic E-state index is -0.0183. The van der Waals surface area contributed by atoms with Gasteiger partial charge in [0.15, 0.2) is 0 Å². The zero-order chi connectivity index (χ0) is 32.2. The maximum atomic E-state index is 2.46. The smallest absolute Gasteiger partial charge is 0.0464 e. The number of nitrogens with zero attached hydrogens (tertiary/aromatic N) is 1. The number of anilines is 2. The molecule has 0 N–H and O–H groups in total. The normalized spacial score (nSPS) is 18.1. The molecule has 0 saturated heterocycles. The van der Waals surface area contributed by atoms with Crippen molar-refractivity contribution in [2.75, 3.05) is 4.90 Å². The van der Waals surface area contributed by atoms with Crippen LogP contribution in [0, 0.1) is 0 Å². The molecule has 1 nitrogen and oxygen atoms in total. The average molecular weight is 636 g/mol. The summed E-state index contributed by atoms with van der Waals surface area (Å²) in [5.41, 5.74) is 13.1. The number of thiophene rings is 1. The van der Waals surface area contributed by atoms with Crippen LogP contribution in [0.4, 0.5) is 11.4 Å². The molecule has 0 radical (unpaired) electrons. The van der Waals surface area contributed by atoms with Crippen LogP contribution in [-0.2, 0) is 5.41 Å². The minimum Gasteiger partial charge on any atom is -0.311 e. The molecule has 48 heavy (non-hydrogen) atoms. The number of benzene rings is 6. The van der Waals surface area contributed by atoms with E-state index in [0.717, 1.165) is 12.8 Å². The molecule has 7 aromatic rings. The maximum absolute atomic E-state index is 2.46. The van der Waals surface area contributed by atoms with E-state index in [4.69, 9.17) is 0 Å². The van der Waals surface area contributed by atoms with Gasteiger partial charge in [0.2, 0.25) is 0 Å². The van der Waals surface area contributed by atoms with Gasteiger partial charge in [-0.3, -0.25) is 0 Å². The van der Waals surface area contributed by atoms with Crippen molar-refractivity contribution < 1.29 is 0 Å². The lowest BCUT2D eigenvalue weighted by Crippen LogP contribution is -2.21. The SMILES string of the molecule is CCC1(C)c2ccccc2-c2ccc(N(C3=CCC(c4ccccc4)C=C3)c3ccc(-c4cccc5c4sc4ccccc45)cc3)cc21. The van der Waals surface area contributed by atoms with Crippen molar-refractivity contribution in [3.63, 3.8) is 0 Å². The fourth-order valence-corrected chi connectivity index (χ4v) is 9.26. The predicted octanol–water partition coefficient (Wildman–Crippen LogP) is 13.2. The van der Waals surface area contributed by atoms with E-state index in [9.17, 15) is 0 Å². The molecule has 9 rings (SSSR count). The highest BCUT2D eigenvalue weighted by Crippen LogP contribution is 2.52. The monoisotopic (exact) mass is 635 g/mol. The molecule has 0 amide bonds. The first kappa shape index (κ1) is 29.0. The third-order valence-corrected chi connectivity index (χ3v) is 12.0. The van der Waals surface area contributed by atoms with Gasteiger partial charge in [0, 0.05) is 48.6 Å². The lowest BCUT2D eigenvalue weighted by Gasteiger charge is -2.31. The van der Waals surface area contributed by atoms with E-state index in [1.807, 2.05) is 11.3 Å². The molecule has 0 bridgehead atoms. The topological polar surface area (TPSA) is 3.24 Å². The molecule has 2 heteroatoms. The van der Waals surface area contributed by atoms with Gasteiger partial charge in [-0.25, -0.2) is 0 Å². The van der Waals surface area contributed by atoms with Crippen LogP contribution in [0.1, 0.15) is 49.3 Å². The third kappa shape index (κ3) is 4.58. The Morgan fingerprint density at radius 1 is 0.667 bits per heavy atom. The zero-order valence-electron chi connectivity index (χ0n) is 27.4. The molecule has 232 valence electrons. The number of fused-ring (bicyclic) bond motifs is 6. The van der Waals surface area contributed by atoms with Crippen molar-refractivity contribution in [3.05, 3.63) is 180 Å². The van der Waals surface area contributed by atoms with Gasteiger partial charge in [-0.2, -0.15) is 0 Å². The third-order valence-electron chi connectivity index (χ3n) is 10.8. The van der Waals surface area contributed by atoms with Crippen LogP contribution < -0.4 is 4.90 Å². The van der Waals surface area contributed by atoms with Gasteiger partial charge < -0.3 is 4.90 Å². The summed E-state index contributed by atoms with van der Waals surface area (Å²) in [5, 5.41) is 2.67. The van der Waals surface area contributed by atoms with E-state index in [2.05, 4.69) is 177 Å². The molecule has 2 aliphatic rings. The number of rotatable bonds is 6. The summed E-state index contributed by atoms with van der Waals surface area (Å²) in [4.78, 5) is 2.46. The molecule has 2 unspecified atom stereocenters. The van der Waals surface area contributed by atoms with E-state index in [1.54, 1.807) is 0 Å². The summed E-state index contributed by atoms with van der Waals surface area (Å²) in [5.74, 6) is 0.388. The average Bonchev–Trinajstić information content (AvgIpc) is 3.66. The van der Waals surface area contributed by atoms with Crippen molar-refractivity contribution >= 4 is 42.9 Å². The molecule has 0 spiro atoms. The lowest BCUT2D eigenvalue weighted by molar-refractivity contribution is 0.564. The molecule has 2 atom stereocenters. The van der Waals surface area contributed by atoms with E-state index in [0.29, 0.717) is 5.92 Å². The molecule has 0 saturated carbocycles. The molecule has 2 aliphatic carbocycles. The summed E-state index contributed by atoms with van der Waals surface area (Å²) >= 11 is 1.89. The van der Waals surface area contributed by atoms with Gasteiger partial charge in [0.1, 0.15) is 0 Å². The maximum Gasteiger partial charge on any atom is 0.0464 e. The molecule has 1 heterocycles. The van der Waals surface area contributed by atoms with Crippen LogP contribution in [0.5, 0.6) is 0 Å². The van der Waals surface area contributed by atoms with Crippen molar-refractivity contribution in [3.8, 4) is 22.3 Å². The van der Waals surface area contributed by atoms with Gasteiger partial charge in [0.25, 0.3) is 0 Å². The van der Waals surface area contributed by atoms with Crippen LogP contribution in [0.15, 0.2) is 163 Å². The second-order valence-corrected chi connectivity index (χ2v) is 14.4. The fraction of sp³-hybridized carbons (Fsp3) is 0.130. The molecule has 6 aromatic carbocycles. The summed E-state index contributed by atoms with van der Waals surface area (Å²) < 4.78 is 2.69. The zero-order valence-corrected chi connectivity index (χ0v) is 28.2. The summed E-state index contributed by atoms with van der Waals surface area (Å²) in [7, 11) is 0. The van der Waals surface area contributed by atoms with Gasteiger partial charge in [-0.05, 0) is 88.2 Å². The van der Waals surface area contributed by atoms with Crippen LogP contribution in [0.3, 0.4) is 0 Å². The molecule has 0 fully saturated rings. The Labute approximate surface area is 287 Å². The van der Waals surface area contributed by atoms with E-state index in [1.165, 1.54) is 76.2 Å². The second kappa shape index (κ2) is 11.5. The highest BCUT2D eigenvalue weighted by molar-refractivity contribution is 7.26. The molecule has 1 aromatic heterocycles. The largest absolute Gasteiger partial charge is 0.311 e. The second-order valence-electron chi connectivity index (χ2n) is 13.4. The van der Waals surface area contributed by atoms with Crippen molar-refractivity contribution in [2.24, 2.45) is 0 Å². The Morgan fingerprint density at radius 3 is 2.19 bits per heavy atom. The van der Waals surface area contributed by atoms with Gasteiger partial charge in [-0.1, -0.05) is 135 Å². The number of hydrogen-bond acceptors (Lipinski definition) is 2. The van der Waals surface area contributed by atoms with Gasteiger partial charge in [-0.15, -0.1) is 11.3 Å². The summed E-state index contributed by atoms with van der Waals surface area (Å²) in [6.45, 7) is 4.74. The van der Waals surface area contributed by atoms with Crippen molar-refractivity contribution in [1.29, 1.82) is 0 Å². The van der Waals surface area contributed by atoms with Crippen LogP contribution in [0.2, 0.25) is 0 Å². The number of allylic oxidation sites excluding steroid dienone is 3. The summed E-state index contributed by atoms with van der Waals surface area (Å²) in [6, 6.07) is 51.7. The minimum absolute atomic E-state index is 0.0183. The van der Waals surface area contributed by atoms with E-state index in [-0.39, 0.29) is 5.41 Å². The Hall–Kier alpha value is -5.18. The Balaban J connectivity index is 1.14. The van der Waals surface area contributed by atoms with Crippen molar-refractivity contribution in [2.45, 2.75) is 38.0 Å². The van der Waals surface area contributed by atoms with E-state index >= 15 is 0 Å². The highest BCUT2D eigenvalue weighted by atomic mass is 32.1. The first-order valence-electron chi connectivity index (χ1n) is 17.1. The standard InChI is InChI=1S/C46H37NS/c1-3-46(2)42-18-9-7-14-38(42)39-29-28-36(30-43(39)46)47(34-24-20-32(21-25-34)31-12-5-4-6-13-31)35-26-22-33(23-27-35)37-16-11-17-41-40-15-8-10-19-44(40)48-45(37)41/h4-20,22-30,32H,3,21H2,1-2H3. The van der Waals surface area contributed by atoms with Crippen LogP contribution in [-0.4, -0.2) is 0 Å². The number of hydrogen-bond donors (Lipinski definition) is 0. The molecular weight excluding hydrogens is 599 g/mol. The molecular formula is C46H37NS. The Bertz CT molecular complexity index is 2380. The lowest BCUT2D eigenvalue weighted by atomic mass is 9.78. The van der Waals surface area contributed by atoms with Gasteiger partial charge >= 0.3 is 0 Å².